The van der Waals surface area contributed by atoms with Gasteiger partial charge < -0.3 is 20.5 Å². The molecule has 0 spiro atoms. The van der Waals surface area contributed by atoms with E-state index < -0.39 is 18.1 Å². The Bertz CT molecular complexity index is 560. The highest BCUT2D eigenvalue weighted by molar-refractivity contribution is 5.83. The number of carbonyl (C=O) groups excluding carboxylic acids is 2. The van der Waals surface area contributed by atoms with E-state index in [2.05, 4.69) is 10.6 Å². The molecule has 25 heavy (non-hydrogen) atoms. The van der Waals surface area contributed by atoms with E-state index in [1.165, 1.54) is 0 Å². The molecule has 138 valence electrons. The largest absolute Gasteiger partial charge is 0.480 e. The van der Waals surface area contributed by atoms with Crippen LogP contribution in [0.2, 0.25) is 0 Å². The Morgan fingerprint density at radius 1 is 1.12 bits per heavy atom. The lowest BCUT2D eigenvalue weighted by Crippen LogP contribution is -2.44. The number of rotatable bonds is 10. The fraction of sp³-hybridized carbons (Fsp3) is 0.500. The second-order valence-corrected chi connectivity index (χ2v) is 6.07. The third kappa shape index (κ3) is 8.74. The number of carboxylic acid groups (broad SMARTS) is 1. The number of carbonyl (C=O) groups is 3. The van der Waals surface area contributed by atoms with E-state index in [9.17, 15) is 14.4 Å². The van der Waals surface area contributed by atoms with Crippen molar-refractivity contribution in [2.24, 2.45) is 5.92 Å². The highest BCUT2D eigenvalue weighted by Gasteiger charge is 2.22. The van der Waals surface area contributed by atoms with Gasteiger partial charge in [-0.1, -0.05) is 44.2 Å². The van der Waals surface area contributed by atoms with Crippen LogP contribution in [0.15, 0.2) is 30.3 Å². The summed E-state index contributed by atoms with van der Waals surface area (Å²) < 4.78 is 5.07. The summed E-state index contributed by atoms with van der Waals surface area (Å²) in [7, 11) is 0. The van der Waals surface area contributed by atoms with E-state index in [1.54, 1.807) is 13.8 Å². The number of hydrogen-bond acceptors (Lipinski definition) is 4. The van der Waals surface area contributed by atoms with Crippen LogP contribution in [0.4, 0.5) is 4.79 Å². The summed E-state index contributed by atoms with van der Waals surface area (Å²) in [5.41, 5.74) is 0.910. The summed E-state index contributed by atoms with van der Waals surface area (Å²) in [6.45, 7) is 4.09. The Labute approximate surface area is 147 Å². The number of unbranched alkanes of at least 4 members (excludes halogenated alkanes) is 1. The molecule has 0 aromatic heterocycles. The number of hydrogen-bond donors (Lipinski definition) is 3. The van der Waals surface area contributed by atoms with Gasteiger partial charge in [-0.25, -0.2) is 9.59 Å². The molecule has 0 saturated carbocycles. The van der Waals surface area contributed by atoms with Crippen molar-refractivity contribution in [2.45, 2.75) is 45.8 Å². The average Bonchev–Trinajstić information content (AvgIpc) is 2.58. The van der Waals surface area contributed by atoms with Crippen molar-refractivity contribution >= 4 is 18.0 Å². The minimum Gasteiger partial charge on any atom is -0.480 e. The lowest BCUT2D eigenvalue weighted by atomic mass is 10.0. The molecule has 0 aliphatic heterocycles. The van der Waals surface area contributed by atoms with Gasteiger partial charge in [-0.15, -0.1) is 0 Å². The smallest absolute Gasteiger partial charge is 0.407 e. The fourth-order valence-corrected chi connectivity index (χ4v) is 2.13. The number of nitrogens with one attached hydrogen (secondary N) is 2. The summed E-state index contributed by atoms with van der Waals surface area (Å²) >= 11 is 0. The van der Waals surface area contributed by atoms with Gasteiger partial charge in [-0.05, 0) is 24.3 Å². The van der Waals surface area contributed by atoms with Gasteiger partial charge in [-0.2, -0.15) is 0 Å². The van der Waals surface area contributed by atoms with Gasteiger partial charge in [0.15, 0.2) is 0 Å². The first-order valence-electron chi connectivity index (χ1n) is 8.37. The van der Waals surface area contributed by atoms with Crippen molar-refractivity contribution in [2.75, 3.05) is 6.54 Å². The first-order chi connectivity index (χ1) is 11.9. The summed E-state index contributed by atoms with van der Waals surface area (Å²) in [6, 6.07) is 8.49. The molecular formula is C18H26N2O5. The molecule has 0 saturated heterocycles. The van der Waals surface area contributed by atoms with Gasteiger partial charge in [0.25, 0.3) is 0 Å². The molecule has 7 nitrogen and oxygen atoms in total. The van der Waals surface area contributed by atoms with E-state index in [-0.39, 0.29) is 24.9 Å². The van der Waals surface area contributed by atoms with Crippen molar-refractivity contribution < 1.29 is 24.2 Å². The van der Waals surface area contributed by atoms with Crippen LogP contribution in [0, 0.1) is 5.92 Å². The Kier molecular flexibility index (Phi) is 9.06. The third-order valence-electron chi connectivity index (χ3n) is 3.56. The van der Waals surface area contributed by atoms with Crippen molar-refractivity contribution in [1.82, 2.24) is 10.6 Å². The van der Waals surface area contributed by atoms with Crippen LogP contribution < -0.4 is 10.6 Å². The molecule has 3 N–H and O–H groups in total. The second kappa shape index (κ2) is 11.1. The quantitative estimate of drug-likeness (QED) is 0.562. The number of aliphatic carboxylic acids is 1. The Morgan fingerprint density at radius 3 is 2.40 bits per heavy atom. The minimum atomic E-state index is -1.04. The van der Waals surface area contributed by atoms with Crippen molar-refractivity contribution in [3.63, 3.8) is 0 Å². The number of amides is 2. The zero-order valence-corrected chi connectivity index (χ0v) is 14.7. The lowest BCUT2D eigenvalue weighted by Gasteiger charge is -2.17. The number of carboxylic acids is 1. The molecular weight excluding hydrogens is 324 g/mol. The molecule has 0 fully saturated rings. The molecule has 2 amide bonds. The van der Waals surface area contributed by atoms with E-state index in [1.807, 2.05) is 30.3 Å². The number of ether oxygens (including phenoxy) is 1. The fourth-order valence-electron chi connectivity index (χ4n) is 2.13. The molecule has 0 heterocycles. The highest BCUT2D eigenvalue weighted by Crippen LogP contribution is 2.04. The molecule has 1 aromatic rings. The SMILES string of the molecule is CC(C)[C@H](NC(=O)CCCCNC(=O)OCc1ccccc1)C(=O)O. The van der Waals surface area contributed by atoms with Crippen LogP contribution in [0.1, 0.15) is 38.7 Å². The van der Waals surface area contributed by atoms with Crippen molar-refractivity contribution in [1.29, 1.82) is 0 Å². The predicted octanol–water partition coefficient (Wildman–Crippen LogP) is 2.31. The Morgan fingerprint density at radius 2 is 1.80 bits per heavy atom. The van der Waals surface area contributed by atoms with Gasteiger partial charge >= 0.3 is 12.1 Å². The molecule has 1 aromatic carbocycles. The monoisotopic (exact) mass is 350 g/mol. The maximum atomic E-state index is 11.7. The molecule has 7 heteroatoms. The number of benzene rings is 1. The normalized spacial score (nSPS) is 11.6. The molecule has 0 radical (unpaired) electrons. The number of alkyl carbamates (subject to hydrolysis) is 1. The summed E-state index contributed by atoms with van der Waals surface area (Å²) in [6.07, 6.45) is 0.874. The summed E-state index contributed by atoms with van der Waals surface area (Å²) in [5.74, 6) is -1.51. The average molecular weight is 350 g/mol. The Hall–Kier alpha value is -2.57. The van der Waals surface area contributed by atoms with E-state index in [0.717, 1.165) is 5.56 Å². The lowest BCUT2D eigenvalue weighted by molar-refractivity contribution is -0.143. The van der Waals surface area contributed by atoms with Gasteiger partial charge in [0.05, 0.1) is 0 Å². The van der Waals surface area contributed by atoms with E-state index in [4.69, 9.17) is 9.84 Å². The Balaban J connectivity index is 2.11. The summed E-state index contributed by atoms with van der Waals surface area (Å²) in [5, 5.41) is 14.1. The van der Waals surface area contributed by atoms with Crippen LogP contribution in [0.5, 0.6) is 0 Å². The zero-order valence-electron chi connectivity index (χ0n) is 14.7. The van der Waals surface area contributed by atoms with E-state index >= 15 is 0 Å². The predicted molar refractivity (Wildman–Crippen MR) is 92.9 cm³/mol. The van der Waals surface area contributed by atoms with Gasteiger partial charge in [0, 0.05) is 13.0 Å². The third-order valence-corrected chi connectivity index (χ3v) is 3.56. The highest BCUT2D eigenvalue weighted by atomic mass is 16.5. The molecule has 0 unspecified atom stereocenters. The molecule has 0 aliphatic rings. The molecule has 0 bridgehead atoms. The van der Waals surface area contributed by atoms with Crippen LogP contribution >= 0.6 is 0 Å². The van der Waals surface area contributed by atoms with Crippen LogP contribution in [0.25, 0.3) is 0 Å². The molecule has 1 rings (SSSR count). The molecule has 0 aliphatic carbocycles. The van der Waals surface area contributed by atoms with Crippen LogP contribution in [-0.2, 0) is 20.9 Å². The zero-order chi connectivity index (χ0) is 18.7. The second-order valence-electron chi connectivity index (χ2n) is 6.07. The van der Waals surface area contributed by atoms with Gasteiger partial charge in [-0.3, -0.25) is 4.79 Å². The topological polar surface area (TPSA) is 105 Å². The first kappa shape index (κ1) is 20.5. The maximum Gasteiger partial charge on any atom is 0.407 e. The molecule has 1 atom stereocenters. The van der Waals surface area contributed by atoms with E-state index in [0.29, 0.717) is 19.4 Å². The van der Waals surface area contributed by atoms with Crippen LogP contribution in [-0.4, -0.2) is 35.7 Å². The maximum absolute atomic E-state index is 11.7. The minimum absolute atomic E-state index is 0.178. The standard InChI is InChI=1S/C18H26N2O5/c1-13(2)16(17(22)23)20-15(21)10-6-7-11-19-18(24)25-12-14-8-4-3-5-9-14/h3-5,8-9,13,16H,6-7,10-12H2,1-2H3,(H,19,24)(H,20,21)(H,22,23)/t16-/m0/s1. The van der Waals surface area contributed by atoms with Crippen LogP contribution in [0.3, 0.4) is 0 Å². The van der Waals surface area contributed by atoms with Gasteiger partial charge in [0.1, 0.15) is 12.6 Å². The van der Waals surface area contributed by atoms with Crippen molar-refractivity contribution in [3.05, 3.63) is 35.9 Å². The first-order valence-corrected chi connectivity index (χ1v) is 8.37. The summed E-state index contributed by atoms with van der Waals surface area (Å²) in [4.78, 5) is 34.3. The van der Waals surface area contributed by atoms with Crippen molar-refractivity contribution in [3.8, 4) is 0 Å². The van der Waals surface area contributed by atoms with Gasteiger partial charge in [0.2, 0.25) is 5.91 Å².